The molecular weight excluding hydrogens is 420 g/mol. The Kier molecular flexibility index (Phi) is 8.15. The zero-order valence-corrected chi connectivity index (χ0v) is 18.5. The van der Waals surface area contributed by atoms with Crippen molar-refractivity contribution < 1.29 is 18.8 Å². The molecule has 8 heteroatoms. The second-order valence-corrected chi connectivity index (χ2v) is 7.56. The van der Waals surface area contributed by atoms with Gasteiger partial charge in [0, 0.05) is 23.9 Å². The van der Waals surface area contributed by atoms with Crippen LogP contribution in [0.4, 0.5) is 5.69 Å². The smallest absolute Gasteiger partial charge is 0.268 e. The van der Waals surface area contributed by atoms with E-state index in [1.165, 1.54) is 12.3 Å². The van der Waals surface area contributed by atoms with Gasteiger partial charge in [0.05, 0.1) is 12.8 Å². The van der Waals surface area contributed by atoms with Gasteiger partial charge in [0.25, 0.3) is 11.8 Å². The second kappa shape index (κ2) is 11.4. The summed E-state index contributed by atoms with van der Waals surface area (Å²) in [6, 6.07) is 19.2. The molecule has 0 saturated heterocycles. The number of benzene rings is 2. The van der Waals surface area contributed by atoms with Crippen LogP contribution in [0.2, 0.25) is 0 Å². The Morgan fingerprint density at radius 2 is 1.76 bits per heavy atom. The van der Waals surface area contributed by atoms with Gasteiger partial charge in [-0.25, -0.2) is 0 Å². The molecule has 1 heterocycles. The van der Waals surface area contributed by atoms with Crippen molar-refractivity contribution in [3.8, 4) is 0 Å². The Morgan fingerprint density at radius 3 is 2.45 bits per heavy atom. The summed E-state index contributed by atoms with van der Waals surface area (Å²) in [5.41, 5.74) is 1.90. The molecule has 0 radical (unpaired) electrons. The normalized spacial score (nSPS) is 11.2. The molecule has 8 nitrogen and oxygen atoms in total. The monoisotopic (exact) mass is 446 g/mol. The number of hydrogen-bond acceptors (Lipinski definition) is 5. The molecule has 0 fully saturated rings. The SMILES string of the molecule is CN(C)CC(=O)Nc1cccc(CNC(=O)C(=Cc2ccco2)NC(=O)c2ccccc2)c1. The summed E-state index contributed by atoms with van der Waals surface area (Å²) in [6.45, 7) is 0.468. The lowest BCUT2D eigenvalue weighted by molar-refractivity contribution is -0.118. The zero-order valence-electron chi connectivity index (χ0n) is 18.5. The molecule has 0 bridgehead atoms. The first-order chi connectivity index (χ1) is 15.9. The van der Waals surface area contributed by atoms with Crippen LogP contribution < -0.4 is 16.0 Å². The topological polar surface area (TPSA) is 104 Å². The quantitative estimate of drug-likeness (QED) is 0.439. The molecule has 3 amide bonds. The molecular formula is C25H26N4O4. The highest BCUT2D eigenvalue weighted by Gasteiger charge is 2.15. The Morgan fingerprint density at radius 1 is 0.970 bits per heavy atom. The van der Waals surface area contributed by atoms with E-state index in [0.717, 1.165) is 5.56 Å². The van der Waals surface area contributed by atoms with E-state index in [1.807, 2.05) is 20.2 Å². The Balaban J connectivity index is 1.68. The Bertz CT molecular complexity index is 1120. The third-order valence-electron chi connectivity index (χ3n) is 4.48. The van der Waals surface area contributed by atoms with Gasteiger partial charge in [-0.3, -0.25) is 14.4 Å². The Hall–Kier alpha value is -4.17. The van der Waals surface area contributed by atoms with E-state index in [2.05, 4.69) is 16.0 Å². The molecule has 0 aliphatic carbocycles. The fraction of sp³-hybridized carbons (Fsp3) is 0.160. The zero-order chi connectivity index (χ0) is 23.6. The number of furan rings is 1. The minimum absolute atomic E-state index is 0.0502. The highest BCUT2D eigenvalue weighted by molar-refractivity contribution is 6.05. The number of likely N-dealkylation sites (N-methyl/N-ethyl adjacent to an activating group) is 1. The average molecular weight is 447 g/mol. The minimum Gasteiger partial charge on any atom is -0.465 e. The van der Waals surface area contributed by atoms with Crippen molar-refractivity contribution in [2.45, 2.75) is 6.54 Å². The van der Waals surface area contributed by atoms with Crippen LogP contribution in [0.3, 0.4) is 0 Å². The van der Waals surface area contributed by atoms with Crippen molar-refractivity contribution in [3.63, 3.8) is 0 Å². The van der Waals surface area contributed by atoms with E-state index >= 15 is 0 Å². The van der Waals surface area contributed by atoms with Crippen LogP contribution >= 0.6 is 0 Å². The first kappa shape index (κ1) is 23.5. The van der Waals surface area contributed by atoms with Crippen LogP contribution in [0.1, 0.15) is 21.7 Å². The summed E-state index contributed by atoms with van der Waals surface area (Å²) >= 11 is 0. The largest absolute Gasteiger partial charge is 0.465 e. The van der Waals surface area contributed by atoms with Crippen molar-refractivity contribution in [1.82, 2.24) is 15.5 Å². The number of rotatable bonds is 9. The fourth-order valence-electron chi connectivity index (χ4n) is 2.98. The summed E-state index contributed by atoms with van der Waals surface area (Å²) in [4.78, 5) is 39.2. The van der Waals surface area contributed by atoms with Crippen LogP contribution in [0, 0.1) is 0 Å². The minimum atomic E-state index is -0.474. The van der Waals surface area contributed by atoms with Crippen LogP contribution in [0.5, 0.6) is 0 Å². The van der Waals surface area contributed by atoms with Crippen molar-refractivity contribution in [1.29, 1.82) is 0 Å². The van der Waals surface area contributed by atoms with Gasteiger partial charge in [0.1, 0.15) is 11.5 Å². The molecule has 170 valence electrons. The summed E-state index contributed by atoms with van der Waals surface area (Å²) in [6.07, 6.45) is 2.95. The summed E-state index contributed by atoms with van der Waals surface area (Å²) in [5.74, 6) is -0.584. The lowest BCUT2D eigenvalue weighted by Crippen LogP contribution is -2.34. The Labute approximate surface area is 192 Å². The molecule has 0 aliphatic heterocycles. The van der Waals surface area contributed by atoms with Gasteiger partial charge >= 0.3 is 0 Å². The molecule has 3 N–H and O–H groups in total. The number of nitrogens with one attached hydrogen (secondary N) is 3. The maximum Gasteiger partial charge on any atom is 0.268 e. The van der Waals surface area contributed by atoms with E-state index in [9.17, 15) is 14.4 Å². The van der Waals surface area contributed by atoms with Crippen molar-refractivity contribution in [2.24, 2.45) is 0 Å². The number of amides is 3. The number of anilines is 1. The predicted octanol–water partition coefficient (Wildman–Crippen LogP) is 2.87. The molecule has 0 atom stereocenters. The van der Waals surface area contributed by atoms with Gasteiger partial charge in [-0.05, 0) is 56.1 Å². The molecule has 33 heavy (non-hydrogen) atoms. The molecule has 0 unspecified atom stereocenters. The van der Waals surface area contributed by atoms with Gasteiger partial charge in [0.15, 0.2) is 0 Å². The first-order valence-corrected chi connectivity index (χ1v) is 10.3. The van der Waals surface area contributed by atoms with E-state index in [1.54, 1.807) is 65.6 Å². The lowest BCUT2D eigenvalue weighted by Gasteiger charge is -2.13. The highest BCUT2D eigenvalue weighted by atomic mass is 16.3. The third-order valence-corrected chi connectivity index (χ3v) is 4.48. The molecule has 0 spiro atoms. The first-order valence-electron chi connectivity index (χ1n) is 10.3. The number of nitrogens with zero attached hydrogens (tertiary/aromatic N) is 1. The van der Waals surface area contributed by atoms with Gasteiger partial charge in [0.2, 0.25) is 5.91 Å². The van der Waals surface area contributed by atoms with Gasteiger partial charge in [-0.15, -0.1) is 0 Å². The number of carbonyl (C=O) groups is 3. The lowest BCUT2D eigenvalue weighted by atomic mass is 10.2. The number of carbonyl (C=O) groups excluding carboxylic acids is 3. The van der Waals surface area contributed by atoms with E-state index in [4.69, 9.17) is 4.42 Å². The third kappa shape index (κ3) is 7.48. The van der Waals surface area contributed by atoms with Gasteiger partial charge < -0.3 is 25.3 Å². The molecule has 0 saturated carbocycles. The van der Waals surface area contributed by atoms with Crippen molar-refractivity contribution in [3.05, 3.63) is 95.6 Å². The molecule has 1 aromatic heterocycles. The van der Waals surface area contributed by atoms with Crippen LogP contribution in [0.15, 0.2) is 83.1 Å². The summed E-state index contributed by atoms with van der Waals surface area (Å²) < 4.78 is 5.29. The van der Waals surface area contributed by atoms with Crippen LogP contribution in [-0.4, -0.2) is 43.3 Å². The average Bonchev–Trinajstić information content (AvgIpc) is 3.30. The van der Waals surface area contributed by atoms with Crippen molar-refractivity contribution >= 4 is 29.5 Å². The van der Waals surface area contributed by atoms with E-state index in [0.29, 0.717) is 17.0 Å². The summed E-state index contributed by atoms with van der Waals surface area (Å²) in [5, 5.41) is 8.27. The van der Waals surface area contributed by atoms with E-state index in [-0.39, 0.29) is 24.7 Å². The van der Waals surface area contributed by atoms with Crippen LogP contribution in [0.25, 0.3) is 6.08 Å². The van der Waals surface area contributed by atoms with Gasteiger partial charge in [-0.2, -0.15) is 0 Å². The van der Waals surface area contributed by atoms with Crippen LogP contribution in [-0.2, 0) is 16.1 Å². The highest BCUT2D eigenvalue weighted by Crippen LogP contribution is 2.12. The maximum atomic E-state index is 12.9. The van der Waals surface area contributed by atoms with E-state index < -0.39 is 11.8 Å². The van der Waals surface area contributed by atoms with Crippen molar-refractivity contribution in [2.75, 3.05) is 26.0 Å². The van der Waals surface area contributed by atoms with Gasteiger partial charge in [-0.1, -0.05) is 30.3 Å². The predicted molar refractivity (Wildman–Crippen MR) is 126 cm³/mol. The fourth-order valence-corrected chi connectivity index (χ4v) is 2.98. The summed E-state index contributed by atoms with van der Waals surface area (Å²) in [7, 11) is 3.63. The molecule has 3 rings (SSSR count). The molecule has 3 aromatic rings. The molecule has 2 aromatic carbocycles. The maximum absolute atomic E-state index is 12.9. The number of hydrogen-bond donors (Lipinski definition) is 3. The molecule has 0 aliphatic rings. The second-order valence-electron chi connectivity index (χ2n) is 7.56. The standard InChI is InChI=1S/C25H26N4O4/c1-29(2)17-23(30)27-20-11-6-8-18(14-20)16-26-25(32)22(15-21-12-7-13-33-21)28-24(31)19-9-4-3-5-10-19/h3-15H,16-17H2,1-2H3,(H,26,32)(H,27,30)(H,28,31).